The molecule has 0 spiro atoms. The first kappa shape index (κ1) is 14.3. The Kier molecular flexibility index (Phi) is 4.24. The lowest BCUT2D eigenvalue weighted by molar-refractivity contribution is 0.0602. The van der Waals surface area contributed by atoms with Crippen LogP contribution >= 0.6 is 15.9 Å². The SMILES string of the molecule is COC(=O)c1cc(Nc2cccc(C)c2Br)ncc1N. The molecule has 2 aromatic rings. The number of carbonyl (C=O) groups is 1. The van der Waals surface area contributed by atoms with Crippen LogP contribution in [0.1, 0.15) is 15.9 Å². The molecule has 2 rings (SSSR count). The first-order chi connectivity index (χ1) is 9.52. The Hall–Kier alpha value is -2.08. The summed E-state index contributed by atoms with van der Waals surface area (Å²) in [5.41, 5.74) is 8.24. The van der Waals surface area contributed by atoms with Crippen LogP contribution in [0, 0.1) is 6.92 Å². The molecule has 104 valence electrons. The van der Waals surface area contributed by atoms with E-state index >= 15 is 0 Å². The summed E-state index contributed by atoms with van der Waals surface area (Å²) in [7, 11) is 1.31. The van der Waals surface area contributed by atoms with Crippen molar-refractivity contribution in [3.63, 3.8) is 0 Å². The number of carbonyl (C=O) groups excluding carboxylic acids is 1. The molecule has 0 aliphatic heterocycles. The number of nitrogens with two attached hydrogens (primary N) is 1. The largest absolute Gasteiger partial charge is 0.465 e. The summed E-state index contributed by atoms with van der Waals surface area (Å²) in [5, 5.41) is 3.14. The highest BCUT2D eigenvalue weighted by molar-refractivity contribution is 9.10. The third-order valence-electron chi connectivity index (χ3n) is 2.79. The van der Waals surface area contributed by atoms with Crippen molar-refractivity contribution in [2.45, 2.75) is 6.92 Å². The van der Waals surface area contributed by atoms with Gasteiger partial charge in [-0.2, -0.15) is 0 Å². The summed E-state index contributed by atoms with van der Waals surface area (Å²) in [6, 6.07) is 7.40. The Morgan fingerprint density at radius 1 is 1.45 bits per heavy atom. The predicted octanol–water partition coefficient (Wildman–Crippen LogP) is 3.26. The van der Waals surface area contributed by atoms with Gasteiger partial charge >= 0.3 is 5.97 Å². The van der Waals surface area contributed by atoms with Crippen LogP contribution in [-0.2, 0) is 4.74 Å². The molecule has 0 fully saturated rings. The van der Waals surface area contributed by atoms with Crippen LogP contribution in [0.3, 0.4) is 0 Å². The van der Waals surface area contributed by atoms with Crippen LogP contribution in [0.25, 0.3) is 0 Å². The third-order valence-corrected chi connectivity index (χ3v) is 3.85. The summed E-state index contributed by atoms with van der Waals surface area (Å²) in [6.45, 7) is 1.99. The van der Waals surface area contributed by atoms with E-state index < -0.39 is 5.97 Å². The van der Waals surface area contributed by atoms with Gasteiger partial charge in [-0.05, 0) is 40.5 Å². The predicted molar refractivity (Wildman–Crippen MR) is 82.2 cm³/mol. The summed E-state index contributed by atoms with van der Waals surface area (Å²) < 4.78 is 5.62. The van der Waals surface area contributed by atoms with Gasteiger partial charge in [0, 0.05) is 4.47 Å². The highest BCUT2D eigenvalue weighted by Crippen LogP contribution is 2.28. The van der Waals surface area contributed by atoms with Gasteiger partial charge in [-0.3, -0.25) is 0 Å². The van der Waals surface area contributed by atoms with Gasteiger partial charge in [0.25, 0.3) is 0 Å². The first-order valence-electron chi connectivity index (χ1n) is 5.89. The Labute approximate surface area is 125 Å². The number of pyridine rings is 1. The van der Waals surface area contributed by atoms with Crippen LogP contribution < -0.4 is 11.1 Å². The minimum atomic E-state index is -0.490. The molecule has 0 amide bonds. The minimum absolute atomic E-state index is 0.283. The van der Waals surface area contributed by atoms with Crippen molar-refractivity contribution in [2.24, 2.45) is 0 Å². The van der Waals surface area contributed by atoms with Crippen molar-refractivity contribution in [3.8, 4) is 0 Å². The number of methoxy groups -OCH3 is 1. The smallest absolute Gasteiger partial charge is 0.340 e. The zero-order chi connectivity index (χ0) is 14.7. The molecule has 1 aromatic heterocycles. The van der Waals surface area contributed by atoms with E-state index in [0.29, 0.717) is 5.82 Å². The Bertz CT molecular complexity index is 659. The summed E-state index contributed by atoms with van der Waals surface area (Å²) in [4.78, 5) is 15.7. The Morgan fingerprint density at radius 2 is 2.20 bits per heavy atom. The van der Waals surface area contributed by atoms with E-state index in [1.54, 1.807) is 6.07 Å². The molecule has 0 atom stereocenters. The number of rotatable bonds is 3. The van der Waals surface area contributed by atoms with Gasteiger partial charge in [-0.1, -0.05) is 12.1 Å². The van der Waals surface area contributed by atoms with Crippen molar-refractivity contribution >= 4 is 39.1 Å². The molecule has 0 unspecified atom stereocenters. The fraction of sp³-hybridized carbons (Fsp3) is 0.143. The first-order valence-corrected chi connectivity index (χ1v) is 6.68. The lowest BCUT2D eigenvalue weighted by Gasteiger charge is -2.11. The number of anilines is 3. The van der Waals surface area contributed by atoms with Crippen molar-refractivity contribution < 1.29 is 9.53 Å². The lowest BCUT2D eigenvalue weighted by atomic mass is 10.2. The molecule has 0 saturated carbocycles. The second kappa shape index (κ2) is 5.92. The monoisotopic (exact) mass is 335 g/mol. The maximum Gasteiger partial charge on any atom is 0.340 e. The maximum absolute atomic E-state index is 11.6. The number of halogens is 1. The number of nitrogens with zero attached hydrogens (tertiary/aromatic N) is 1. The van der Waals surface area contributed by atoms with Crippen molar-refractivity contribution in [1.82, 2.24) is 4.98 Å². The molecule has 0 aliphatic carbocycles. The minimum Gasteiger partial charge on any atom is -0.465 e. The molecule has 6 heteroatoms. The molecule has 20 heavy (non-hydrogen) atoms. The molecule has 3 N–H and O–H groups in total. The maximum atomic E-state index is 11.6. The van der Waals surface area contributed by atoms with Gasteiger partial charge in [-0.25, -0.2) is 9.78 Å². The van der Waals surface area contributed by atoms with Gasteiger partial charge in [0.15, 0.2) is 0 Å². The topological polar surface area (TPSA) is 77.2 Å². The number of benzene rings is 1. The van der Waals surface area contributed by atoms with E-state index in [9.17, 15) is 4.79 Å². The number of nitrogen functional groups attached to an aromatic ring is 1. The average Bonchev–Trinajstić information content (AvgIpc) is 2.45. The van der Waals surface area contributed by atoms with Crippen molar-refractivity contribution in [3.05, 3.63) is 46.1 Å². The number of aryl methyl sites for hydroxylation is 1. The Morgan fingerprint density at radius 3 is 2.90 bits per heavy atom. The van der Waals surface area contributed by atoms with Gasteiger partial charge in [0.05, 0.1) is 30.2 Å². The molecule has 0 saturated heterocycles. The summed E-state index contributed by atoms with van der Waals surface area (Å²) >= 11 is 3.51. The van der Waals surface area contributed by atoms with Gasteiger partial charge in [0.2, 0.25) is 0 Å². The van der Waals surface area contributed by atoms with E-state index in [0.717, 1.165) is 15.7 Å². The van der Waals surface area contributed by atoms with Crippen LogP contribution in [0.2, 0.25) is 0 Å². The van der Waals surface area contributed by atoms with E-state index in [1.807, 2.05) is 25.1 Å². The highest BCUT2D eigenvalue weighted by atomic mass is 79.9. The van der Waals surface area contributed by atoms with Gasteiger partial charge in [0.1, 0.15) is 5.82 Å². The summed E-state index contributed by atoms with van der Waals surface area (Å²) in [6.07, 6.45) is 1.43. The van der Waals surface area contributed by atoms with Gasteiger partial charge in [-0.15, -0.1) is 0 Å². The fourth-order valence-electron chi connectivity index (χ4n) is 1.70. The summed E-state index contributed by atoms with van der Waals surface area (Å²) in [5.74, 6) is 0.0298. The van der Waals surface area contributed by atoms with E-state index in [-0.39, 0.29) is 11.3 Å². The van der Waals surface area contributed by atoms with Crippen LogP contribution in [0.15, 0.2) is 34.9 Å². The number of esters is 1. The average molecular weight is 336 g/mol. The number of ether oxygens (including phenoxy) is 1. The van der Waals surface area contributed by atoms with Crippen LogP contribution in [-0.4, -0.2) is 18.1 Å². The fourth-order valence-corrected chi connectivity index (χ4v) is 2.07. The number of hydrogen-bond acceptors (Lipinski definition) is 5. The number of aromatic nitrogens is 1. The quantitative estimate of drug-likeness (QED) is 0.842. The highest BCUT2D eigenvalue weighted by Gasteiger charge is 2.12. The molecule has 0 radical (unpaired) electrons. The van der Waals surface area contributed by atoms with Crippen LogP contribution in [0.4, 0.5) is 17.2 Å². The van der Waals surface area contributed by atoms with E-state index in [4.69, 9.17) is 5.73 Å². The Balaban J connectivity index is 2.35. The molecule has 0 aliphatic rings. The standard InChI is InChI=1S/C14H14BrN3O2/c1-8-4-3-5-11(13(8)15)18-12-6-9(14(19)20-2)10(16)7-17-12/h3-7H,16H2,1-2H3,(H,17,18). The molecule has 5 nitrogen and oxygen atoms in total. The normalized spacial score (nSPS) is 10.2. The zero-order valence-electron chi connectivity index (χ0n) is 11.1. The third kappa shape index (κ3) is 2.91. The molecular formula is C14H14BrN3O2. The molecule has 0 bridgehead atoms. The second-order valence-electron chi connectivity index (χ2n) is 4.21. The van der Waals surface area contributed by atoms with Crippen molar-refractivity contribution in [1.29, 1.82) is 0 Å². The second-order valence-corrected chi connectivity index (χ2v) is 5.00. The molecule has 1 heterocycles. The zero-order valence-corrected chi connectivity index (χ0v) is 12.7. The molecule has 1 aromatic carbocycles. The van der Waals surface area contributed by atoms with E-state index in [1.165, 1.54) is 13.3 Å². The van der Waals surface area contributed by atoms with Crippen LogP contribution in [0.5, 0.6) is 0 Å². The van der Waals surface area contributed by atoms with Gasteiger partial charge < -0.3 is 15.8 Å². The van der Waals surface area contributed by atoms with Crippen molar-refractivity contribution in [2.75, 3.05) is 18.2 Å². The molecular weight excluding hydrogens is 322 g/mol. The van der Waals surface area contributed by atoms with E-state index in [2.05, 4.69) is 31.0 Å². The lowest BCUT2D eigenvalue weighted by Crippen LogP contribution is -2.07. The number of nitrogens with one attached hydrogen (secondary N) is 1. The number of hydrogen-bond donors (Lipinski definition) is 2.